The van der Waals surface area contributed by atoms with Crippen molar-refractivity contribution in [2.45, 2.75) is 51.6 Å². The minimum Gasteiger partial charge on any atom is -0.342 e. The summed E-state index contributed by atoms with van der Waals surface area (Å²) in [6.45, 7) is 6.94. The standard InChI is InChI=1S/C15H21N3O2S/c1-15(2,3)10-8-21-12(16-10)7-18-6-11(19)17-13(14(18)20)9-4-5-9/h8-9,13H,4-7H2,1-3H3,(H,17,19). The van der Waals surface area contributed by atoms with Gasteiger partial charge in [-0.15, -0.1) is 11.3 Å². The van der Waals surface area contributed by atoms with E-state index in [0.717, 1.165) is 23.5 Å². The second-order valence-corrected chi connectivity index (χ2v) is 7.90. The van der Waals surface area contributed by atoms with Gasteiger partial charge in [0.25, 0.3) is 0 Å². The monoisotopic (exact) mass is 307 g/mol. The summed E-state index contributed by atoms with van der Waals surface area (Å²) >= 11 is 1.56. The molecule has 1 saturated carbocycles. The zero-order chi connectivity index (χ0) is 15.2. The van der Waals surface area contributed by atoms with Gasteiger partial charge in [-0.3, -0.25) is 9.59 Å². The van der Waals surface area contributed by atoms with Crippen LogP contribution in [0.5, 0.6) is 0 Å². The molecule has 1 aliphatic carbocycles. The third-order valence-electron chi connectivity index (χ3n) is 3.97. The largest absolute Gasteiger partial charge is 0.342 e. The van der Waals surface area contributed by atoms with E-state index in [-0.39, 0.29) is 29.8 Å². The van der Waals surface area contributed by atoms with Crippen molar-refractivity contribution in [3.8, 4) is 0 Å². The number of hydrogen-bond acceptors (Lipinski definition) is 4. The van der Waals surface area contributed by atoms with Crippen molar-refractivity contribution >= 4 is 23.2 Å². The summed E-state index contributed by atoms with van der Waals surface area (Å²) in [4.78, 5) is 30.5. The number of carbonyl (C=O) groups excluding carboxylic acids is 2. The van der Waals surface area contributed by atoms with E-state index < -0.39 is 0 Å². The number of nitrogens with zero attached hydrogens (tertiary/aromatic N) is 2. The fourth-order valence-electron chi connectivity index (χ4n) is 2.50. The molecule has 2 fully saturated rings. The normalized spacial score (nSPS) is 23.4. The Hall–Kier alpha value is -1.43. The summed E-state index contributed by atoms with van der Waals surface area (Å²) < 4.78 is 0. The molecule has 2 amide bonds. The molecule has 1 unspecified atom stereocenters. The number of thiazole rings is 1. The average Bonchev–Trinajstić information content (AvgIpc) is 3.11. The molecule has 0 radical (unpaired) electrons. The summed E-state index contributed by atoms with van der Waals surface area (Å²) in [5.41, 5.74) is 1.05. The first-order valence-electron chi connectivity index (χ1n) is 7.37. The molecule has 21 heavy (non-hydrogen) atoms. The van der Waals surface area contributed by atoms with E-state index in [2.05, 4.69) is 31.1 Å². The highest BCUT2D eigenvalue weighted by atomic mass is 32.1. The zero-order valence-electron chi connectivity index (χ0n) is 12.7. The van der Waals surface area contributed by atoms with Crippen LogP contribution < -0.4 is 5.32 Å². The van der Waals surface area contributed by atoms with Crippen molar-refractivity contribution in [1.82, 2.24) is 15.2 Å². The number of piperazine rings is 1. The summed E-state index contributed by atoms with van der Waals surface area (Å²) in [5.74, 6) is 0.328. The topological polar surface area (TPSA) is 62.3 Å². The first kappa shape index (κ1) is 14.5. The Labute approximate surface area is 128 Å². The van der Waals surface area contributed by atoms with Crippen LogP contribution in [0.3, 0.4) is 0 Å². The number of amides is 2. The first-order valence-corrected chi connectivity index (χ1v) is 8.25. The second-order valence-electron chi connectivity index (χ2n) is 6.95. The van der Waals surface area contributed by atoms with Crippen LogP contribution in [0.15, 0.2) is 5.38 Å². The lowest BCUT2D eigenvalue weighted by Crippen LogP contribution is -2.58. The maximum absolute atomic E-state index is 12.4. The van der Waals surface area contributed by atoms with Crippen molar-refractivity contribution in [3.05, 3.63) is 16.1 Å². The number of carbonyl (C=O) groups is 2. The lowest BCUT2D eigenvalue weighted by Gasteiger charge is -2.32. The van der Waals surface area contributed by atoms with Gasteiger partial charge in [0.15, 0.2) is 0 Å². The summed E-state index contributed by atoms with van der Waals surface area (Å²) in [6.07, 6.45) is 2.08. The van der Waals surface area contributed by atoms with Crippen LogP contribution in [0, 0.1) is 5.92 Å². The Kier molecular flexibility index (Phi) is 3.51. The van der Waals surface area contributed by atoms with Gasteiger partial charge in [0.05, 0.1) is 12.2 Å². The smallest absolute Gasteiger partial charge is 0.246 e. The quantitative estimate of drug-likeness (QED) is 0.924. The molecule has 1 N–H and O–H groups in total. The SMILES string of the molecule is CC(C)(C)c1csc(CN2CC(=O)NC(C3CC3)C2=O)n1. The van der Waals surface area contributed by atoms with Crippen LogP contribution in [-0.2, 0) is 21.5 Å². The predicted octanol–water partition coefficient (Wildman–Crippen LogP) is 1.68. The summed E-state index contributed by atoms with van der Waals surface area (Å²) in [6, 6.07) is -0.312. The van der Waals surface area contributed by atoms with Gasteiger partial charge < -0.3 is 10.2 Å². The van der Waals surface area contributed by atoms with Crippen molar-refractivity contribution in [2.24, 2.45) is 5.92 Å². The van der Waals surface area contributed by atoms with E-state index in [4.69, 9.17) is 0 Å². The average molecular weight is 307 g/mol. The highest BCUT2D eigenvalue weighted by molar-refractivity contribution is 7.09. The number of aromatic nitrogens is 1. The minimum absolute atomic E-state index is 0.00851. The Balaban J connectivity index is 1.72. The van der Waals surface area contributed by atoms with Gasteiger partial charge >= 0.3 is 0 Å². The zero-order valence-corrected chi connectivity index (χ0v) is 13.5. The van der Waals surface area contributed by atoms with E-state index >= 15 is 0 Å². The number of rotatable bonds is 3. The lowest BCUT2D eigenvalue weighted by atomic mass is 9.93. The van der Waals surface area contributed by atoms with Gasteiger partial charge in [-0.05, 0) is 18.8 Å². The van der Waals surface area contributed by atoms with Crippen molar-refractivity contribution < 1.29 is 9.59 Å². The molecule has 1 aromatic rings. The molecule has 1 aromatic heterocycles. The Morgan fingerprint density at radius 1 is 1.38 bits per heavy atom. The van der Waals surface area contributed by atoms with Gasteiger partial charge in [0.1, 0.15) is 17.6 Å². The van der Waals surface area contributed by atoms with Crippen LogP contribution in [-0.4, -0.2) is 34.3 Å². The van der Waals surface area contributed by atoms with Gasteiger partial charge in [-0.2, -0.15) is 0 Å². The van der Waals surface area contributed by atoms with Crippen molar-refractivity contribution in [3.63, 3.8) is 0 Å². The van der Waals surface area contributed by atoms with Crippen LogP contribution in [0.1, 0.15) is 44.3 Å². The van der Waals surface area contributed by atoms with E-state index in [1.165, 1.54) is 0 Å². The molecule has 0 spiro atoms. The van der Waals surface area contributed by atoms with Crippen LogP contribution >= 0.6 is 11.3 Å². The molecule has 1 saturated heterocycles. The molecule has 5 nitrogen and oxygen atoms in total. The van der Waals surface area contributed by atoms with E-state index in [1.807, 2.05) is 5.38 Å². The second kappa shape index (κ2) is 5.09. The molecule has 114 valence electrons. The van der Waals surface area contributed by atoms with Crippen LogP contribution in [0.25, 0.3) is 0 Å². The maximum atomic E-state index is 12.4. The lowest BCUT2D eigenvalue weighted by molar-refractivity contribution is -0.145. The minimum atomic E-state index is -0.312. The molecule has 6 heteroatoms. The summed E-state index contributed by atoms with van der Waals surface area (Å²) in [7, 11) is 0. The Morgan fingerprint density at radius 3 is 2.67 bits per heavy atom. The number of hydrogen-bond donors (Lipinski definition) is 1. The first-order chi connectivity index (χ1) is 9.84. The van der Waals surface area contributed by atoms with Crippen molar-refractivity contribution in [1.29, 1.82) is 0 Å². The van der Waals surface area contributed by atoms with Gasteiger partial charge in [-0.25, -0.2) is 4.98 Å². The van der Waals surface area contributed by atoms with E-state index in [0.29, 0.717) is 12.5 Å². The fraction of sp³-hybridized carbons (Fsp3) is 0.667. The maximum Gasteiger partial charge on any atom is 0.246 e. The molecular formula is C15H21N3O2S. The third kappa shape index (κ3) is 3.10. The van der Waals surface area contributed by atoms with E-state index in [1.54, 1.807) is 16.2 Å². The molecular weight excluding hydrogens is 286 g/mol. The molecule has 0 aromatic carbocycles. The molecule has 1 aliphatic heterocycles. The number of nitrogens with one attached hydrogen (secondary N) is 1. The van der Waals surface area contributed by atoms with Gasteiger partial charge in [0, 0.05) is 10.8 Å². The van der Waals surface area contributed by atoms with E-state index in [9.17, 15) is 9.59 Å². The third-order valence-corrected chi connectivity index (χ3v) is 4.80. The van der Waals surface area contributed by atoms with Gasteiger partial charge in [-0.1, -0.05) is 20.8 Å². The fourth-order valence-corrected chi connectivity index (χ4v) is 3.54. The van der Waals surface area contributed by atoms with Gasteiger partial charge in [0.2, 0.25) is 11.8 Å². The molecule has 0 bridgehead atoms. The highest BCUT2D eigenvalue weighted by Crippen LogP contribution is 2.34. The van der Waals surface area contributed by atoms with Crippen molar-refractivity contribution in [2.75, 3.05) is 6.54 Å². The summed E-state index contributed by atoms with van der Waals surface area (Å²) in [5, 5.41) is 5.77. The van der Waals surface area contributed by atoms with Crippen LogP contribution in [0.4, 0.5) is 0 Å². The molecule has 3 rings (SSSR count). The molecule has 1 atom stereocenters. The Morgan fingerprint density at radius 2 is 2.10 bits per heavy atom. The molecule has 2 aliphatic rings. The Bertz CT molecular complexity index is 572. The predicted molar refractivity (Wildman–Crippen MR) is 80.9 cm³/mol. The van der Waals surface area contributed by atoms with Crippen LogP contribution in [0.2, 0.25) is 0 Å². The molecule has 2 heterocycles. The highest BCUT2D eigenvalue weighted by Gasteiger charge is 2.42.